The number of unbranched alkanes of at least 4 members (excludes halogenated alkanes) is 58. The van der Waals surface area contributed by atoms with Crippen molar-refractivity contribution in [1.29, 1.82) is 0 Å². The zero-order valence-electron chi connectivity index (χ0n) is 54.2. The molecule has 470 valence electrons. The van der Waals surface area contributed by atoms with E-state index in [9.17, 15) is 14.4 Å². The number of esters is 3. The van der Waals surface area contributed by atoms with Crippen molar-refractivity contribution in [3.63, 3.8) is 0 Å². The van der Waals surface area contributed by atoms with Crippen LogP contribution in [0.4, 0.5) is 0 Å². The third-order valence-electron chi connectivity index (χ3n) is 17.1. The lowest BCUT2D eigenvalue weighted by Gasteiger charge is -2.18. The van der Waals surface area contributed by atoms with E-state index in [2.05, 4.69) is 20.8 Å². The van der Waals surface area contributed by atoms with Crippen LogP contribution in [0.25, 0.3) is 0 Å². The standard InChI is InChI=1S/C73H142O6/c1-4-7-10-13-16-19-22-24-26-28-29-30-31-32-33-34-35-36-37-38-39-40-41-42-43-44-46-47-49-51-54-57-60-63-66-72(75)78-69-70(68-77-71(74)65-62-59-56-53-21-18-15-12-9-6-3)79-73(76)67-64-61-58-55-52-50-48-45-27-25-23-20-17-14-11-8-5-2/h70H,4-69H2,1-3H3. The third kappa shape index (κ3) is 67.1. The predicted octanol–water partition coefficient (Wildman–Crippen LogP) is 25.0. The first-order valence-corrected chi connectivity index (χ1v) is 36.5. The van der Waals surface area contributed by atoms with E-state index in [1.165, 1.54) is 334 Å². The summed E-state index contributed by atoms with van der Waals surface area (Å²) in [6.07, 6.45) is 81.7. The molecule has 1 unspecified atom stereocenters. The number of carbonyl (C=O) groups excluding carboxylic acids is 3. The smallest absolute Gasteiger partial charge is 0.306 e. The van der Waals surface area contributed by atoms with Gasteiger partial charge in [-0.25, -0.2) is 0 Å². The number of hydrogen-bond donors (Lipinski definition) is 0. The number of ether oxygens (including phenoxy) is 3. The largest absolute Gasteiger partial charge is 0.462 e. The van der Waals surface area contributed by atoms with Crippen molar-refractivity contribution in [3.05, 3.63) is 0 Å². The molecule has 0 bridgehead atoms. The van der Waals surface area contributed by atoms with Crippen molar-refractivity contribution in [3.8, 4) is 0 Å². The van der Waals surface area contributed by atoms with Crippen LogP contribution < -0.4 is 0 Å². The minimum absolute atomic E-state index is 0.0607. The van der Waals surface area contributed by atoms with E-state index in [1.54, 1.807) is 0 Å². The molecule has 0 saturated heterocycles. The highest BCUT2D eigenvalue weighted by atomic mass is 16.6. The Kier molecular flexibility index (Phi) is 67.5. The first kappa shape index (κ1) is 77.4. The molecule has 6 heteroatoms. The summed E-state index contributed by atoms with van der Waals surface area (Å²) < 4.78 is 17.0. The summed E-state index contributed by atoms with van der Waals surface area (Å²) in [5.41, 5.74) is 0. The fourth-order valence-corrected chi connectivity index (χ4v) is 11.6. The maximum Gasteiger partial charge on any atom is 0.306 e. The first-order valence-electron chi connectivity index (χ1n) is 36.5. The molecule has 0 aliphatic rings. The Morgan fingerprint density at radius 2 is 0.342 bits per heavy atom. The molecule has 0 aromatic rings. The Morgan fingerprint density at radius 1 is 0.203 bits per heavy atom. The third-order valence-corrected chi connectivity index (χ3v) is 17.1. The van der Waals surface area contributed by atoms with Gasteiger partial charge in [0, 0.05) is 19.3 Å². The van der Waals surface area contributed by atoms with Crippen LogP contribution in [0.5, 0.6) is 0 Å². The van der Waals surface area contributed by atoms with Gasteiger partial charge in [0.25, 0.3) is 0 Å². The molecule has 79 heavy (non-hydrogen) atoms. The highest BCUT2D eigenvalue weighted by molar-refractivity contribution is 5.71. The van der Waals surface area contributed by atoms with Crippen LogP contribution in [-0.2, 0) is 28.6 Å². The van der Waals surface area contributed by atoms with Gasteiger partial charge in [-0.2, -0.15) is 0 Å². The van der Waals surface area contributed by atoms with Gasteiger partial charge in [-0.1, -0.05) is 393 Å². The average Bonchev–Trinajstić information content (AvgIpc) is 3.45. The molecule has 0 aromatic carbocycles. The number of carbonyl (C=O) groups is 3. The second-order valence-corrected chi connectivity index (χ2v) is 25.2. The van der Waals surface area contributed by atoms with Crippen LogP contribution in [0.2, 0.25) is 0 Å². The van der Waals surface area contributed by atoms with Gasteiger partial charge in [0.05, 0.1) is 0 Å². The van der Waals surface area contributed by atoms with Gasteiger partial charge >= 0.3 is 17.9 Å². The minimum Gasteiger partial charge on any atom is -0.462 e. The lowest BCUT2D eigenvalue weighted by Crippen LogP contribution is -2.30. The van der Waals surface area contributed by atoms with E-state index in [1.807, 2.05) is 0 Å². The molecule has 0 rings (SSSR count). The molecule has 0 amide bonds. The highest BCUT2D eigenvalue weighted by Crippen LogP contribution is 2.20. The van der Waals surface area contributed by atoms with Gasteiger partial charge < -0.3 is 14.2 Å². The minimum atomic E-state index is -0.762. The summed E-state index contributed by atoms with van der Waals surface area (Å²) >= 11 is 0. The zero-order chi connectivity index (χ0) is 57.1. The quantitative estimate of drug-likeness (QED) is 0.0343. The molecule has 0 aliphatic carbocycles. The van der Waals surface area contributed by atoms with Crippen molar-refractivity contribution < 1.29 is 28.6 Å². The molecule has 1 atom stereocenters. The van der Waals surface area contributed by atoms with E-state index >= 15 is 0 Å². The van der Waals surface area contributed by atoms with Crippen LogP contribution in [0, 0.1) is 0 Å². The van der Waals surface area contributed by atoms with E-state index in [0.29, 0.717) is 19.3 Å². The first-order chi connectivity index (χ1) is 39.0. The van der Waals surface area contributed by atoms with Crippen molar-refractivity contribution >= 4 is 17.9 Å². The van der Waals surface area contributed by atoms with Crippen molar-refractivity contribution in [2.45, 2.75) is 438 Å². The van der Waals surface area contributed by atoms with Gasteiger partial charge in [-0.15, -0.1) is 0 Å². The van der Waals surface area contributed by atoms with E-state index in [0.717, 1.165) is 57.8 Å². The van der Waals surface area contributed by atoms with Gasteiger partial charge in [-0.3, -0.25) is 14.4 Å². The number of rotatable bonds is 69. The van der Waals surface area contributed by atoms with Crippen LogP contribution >= 0.6 is 0 Å². The Balaban J connectivity index is 3.98. The normalized spacial score (nSPS) is 11.9. The topological polar surface area (TPSA) is 78.9 Å². The monoisotopic (exact) mass is 1120 g/mol. The molecular weight excluding hydrogens is 973 g/mol. The molecule has 6 nitrogen and oxygen atoms in total. The average molecular weight is 1120 g/mol. The molecule has 0 fully saturated rings. The lowest BCUT2D eigenvalue weighted by molar-refractivity contribution is -0.167. The molecule has 0 spiro atoms. The van der Waals surface area contributed by atoms with Crippen molar-refractivity contribution in [2.75, 3.05) is 13.2 Å². The fraction of sp³-hybridized carbons (Fsp3) is 0.959. The second kappa shape index (κ2) is 68.9. The molecular formula is C73H142O6. The molecule has 0 heterocycles. The molecule has 0 radical (unpaired) electrons. The lowest BCUT2D eigenvalue weighted by atomic mass is 10.0. The van der Waals surface area contributed by atoms with Crippen LogP contribution in [-0.4, -0.2) is 37.2 Å². The SMILES string of the molecule is CCCCCCCCCCCCCCCCCCCCCCCCCCCCCCCCCCCCC(=O)OCC(COC(=O)CCCCCCCCCCCC)OC(=O)CCCCCCCCCCCCCCCCCCC. The predicted molar refractivity (Wildman–Crippen MR) is 344 cm³/mol. The number of hydrogen-bond acceptors (Lipinski definition) is 6. The summed E-state index contributed by atoms with van der Waals surface area (Å²) in [5, 5.41) is 0. The Labute approximate surface area is 495 Å². The van der Waals surface area contributed by atoms with Crippen LogP contribution in [0.1, 0.15) is 432 Å². The Hall–Kier alpha value is -1.59. The van der Waals surface area contributed by atoms with Crippen molar-refractivity contribution in [2.24, 2.45) is 0 Å². The Bertz CT molecular complexity index is 1190. The highest BCUT2D eigenvalue weighted by Gasteiger charge is 2.20. The fourth-order valence-electron chi connectivity index (χ4n) is 11.6. The van der Waals surface area contributed by atoms with E-state index < -0.39 is 6.10 Å². The zero-order valence-corrected chi connectivity index (χ0v) is 54.2. The maximum absolute atomic E-state index is 12.9. The van der Waals surface area contributed by atoms with Gasteiger partial charge in [0.15, 0.2) is 6.10 Å². The summed E-state index contributed by atoms with van der Waals surface area (Å²) in [7, 11) is 0. The van der Waals surface area contributed by atoms with Crippen LogP contribution in [0.15, 0.2) is 0 Å². The summed E-state index contributed by atoms with van der Waals surface area (Å²) in [4.78, 5) is 38.3. The summed E-state index contributed by atoms with van der Waals surface area (Å²) in [5.74, 6) is -0.826. The molecule has 0 saturated carbocycles. The van der Waals surface area contributed by atoms with Crippen molar-refractivity contribution in [1.82, 2.24) is 0 Å². The Morgan fingerprint density at radius 3 is 0.506 bits per heavy atom. The van der Waals surface area contributed by atoms with Gasteiger partial charge in [-0.05, 0) is 19.3 Å². The molecule has 0 aromatic heterocycles. The molecule has 0 aliphatic heterocycles. The van der Waals surface area contributed by atoms with E-state index in [4.69, 9.17) is 14.2 Å². The van der Waals surface area contributed by atoms with Gasteiger partial charge in [0.1, 0.15) is 13.2 Å². The second-order valence-electron chi connectivity index (χ2n) is 25.2. The summed E-state index contributed by atoms with van der Waals surface area (Å²) in [6.45, 7) is 6.72. The van der Waals surface area contributed by atoms with Gasteiger partial charge in [0.2, 0.25) is 0 Å². The molecule has 0 N–H and O–H groups in total. The maximum atomic E-state index is 12.9. The van der Waals surface area contributed by atoms with Crippen LogP contribution in [0.3, 0.4) is 0 Å². The summed E-state index contributed by atoms with van der Waals surface area (Å²) in [6, 6.07) is 0. The van der Waals surface area contributed by atoms with E-state index in [-0.39, 0.29) is 31.1 Å².